The van der Waals surface area contributed by atoms with Crippen molar-refractivity contribution in [1.29, 1.82) is 0 Å². The van der Waals surface area contributed by atoms with E-state index in [4.69, 9.17) is 0 Å². The van der Waals surface area contributed by atoms with E-state index in [1.807, 2.05) is 11.8 Å². The lowest BCUT2D eigenvalue weighted by Gasteiger charge is -2.25. The molecule has 5 nitrogen and oxygen atoms in total. The number of rotatable bonds is 3. The van der Waals surface area contributed by atoms with Crippen LogP contribution in [0.1, 0.15) is 13.3 Å². The molecule has 0 radical (unpaired) electrons. The van der Waals surface area contributed by atoms with Crippen molar-refractivity contribution in [2.75, 3.05) is 17.7 Å². The van der Waals surface area contributed by atoms with Crippen molar-refractivity contribution in [3.63, 3.8) is 0 Å². The molecule has 104 valence electrons. The van der Waals surface area contributed by atoms with E-state index in [-0.39, 0.29) is 10.8 Å². The third-order valence-corrected chi connectivity index (χ3v) is 4.68. The van der Waals surface area contributed by atoms with Gasteiger partial charge in [0.1, 0.15) is 6.04 Å². The van der Waals surface area contributed by atoms with Gasteiger partial charge >= 0.3 is 5.97 Å². The summed E-state index contributed by atoms with van der Waals surface area (Å²) in [5.74, 6) is -0.746. The second kappa shape index (κ2) is 4.85. The smallest absolute Gasteiger partial charge is 0.326 e. The minimum atomic E-state index is -3.22. The number of benzene rings is 1. The highest BCUT2D eigenvalue weighted by atomic mass is 32.2. The molecule has 1 heterocycles. The lowest BCUT2D eigenvalue weighted by molar-refractivity contribution is -0.139. The van der Waals surface area contributed by atoms with Gasteiger partial charge in [0, 0.05) is 18.5 Å². The van der Waals surface area contributed by atoms with E-state index in [1.165, 1.54) is 12.1 Å². The average molecular weight is 283 g/mol. The van der Waals surface area contributed by atoms with Crippen molar-refractivity contribution in [2.24, 2.45) is 5.92 Å². The number of nitrogens with zero attached hydrogens (tertiary/aromatic N) is 1. The van der Waals surface area contributed by atoms with Gasteiger partial charge in [-0.25, -0.2) is 13.2 Å². The van der Waals surface area contributed by atoms with Gasteiger partial charge in [-0.1, -0.05) is 6.92 Å². The van der Waals surface area contributed by atoms with Crippen molar-refractivity contribution in [3.8, 4) is 0 Å². The first kappa shape index (κ1) is 13.9. The molecule has 2 rings (SSSR count). The molecule has 0 bridgehead atoms. The van der Waals surface area contributed by atoms with Crippen LogP contribution >= 0.6 is 0 Å². The Labute approximate surface area is 112 Å². The molecule has 6 heteroatoms. The molecule has 0 amide bonds. The van der Waals surface area contributed by atoms with Gasteiger partial charge in [-0.15, -0.1) is 0 Å². The molecule has 2 atom stereocenters. The molecule has 1 aliphatic heterocycles. The van der Waals surface area contributed by atoms with Crippen molar-refractivity contribution in [1.82, 2.24) is 0 Å². The first-order valence-electron chi connectivity index (χ1n) is 6.10. The van der Waals surface area contributed by atoms with Crippen LogP contribution in [0.5, 0.6) is 0 Å². The van der Waals surface area contributed by atoms with Gasteiger partial charge in [0.05, 0.1) is 4.90 Å². The summed E-state index contributed by atoms with van der Waals surface area (Å²) in [5.41, 5.74) is 0.754. The summed E-state index contributed by atoms with van der Waals surface area (Å²) >= 11 is 0. The molecule has 0 aromatic heterocycles. The Hall–Kier alpha value is -1.56. The Morgan fingerprint density at radius 1 is 1.32 bits per heavy atom. The molecular weight excluding hydrogens is 266 g/mol. The predicted molar refractivity (Wildman–Crippen MR) is 72.1 cm³/mol. The van der Waals surface area contributed by atoms with Crippen LogP contribution in [0.25, 0.3) is 0 Å². The summed E-state index contributed by atoms with van der Waals surface area (Å²) in [6.07, 6.45) is 1.98. The lowest BCUT2D eigenvalue weighted by atomic mass is 10.0. The molecule has 1 aromatic carbocycles. The molecule has 19 heavy (non-hydrogen) atoms. The van der Waals surface area contributed by atoms with Crippen LogP contribution in [0.3, 0.4) is 0 Å². The molecule has 1 N–H and O–H groups in total. The fourth-order valence-electron chi connectivity index (χ4n) is 2.50. The highest BCUT2D eigenvalue weighted by molar-refractivity contribution is 7.90. The monoisotopic (exact) mass is 283 g/mol. The molecule has 1 fully saturated rings. The van der Waals surface area contributed by atoms with Crippen LogP contribution in [0.4, 0.5) is 5.69 Å². The zero-order valence-electron chi connectivity index (χ0n) is 10.9. The second-order valence-corrected chi connectivity index (χ2v) is 7.02. The van der Waals surface area contributed by atoms with Crippen LogP contribution in [0.2, 0.25) is 0 Å². The molecule has 0 spiro atoms. The number of carbonyl (C=O) groups is 1. The van der Waals surface area contributed by atoms with Crippen molar-refractivity contribution in [2.45, 2.75) is 24.3 Å². The van der Waals surface area contributed by atoms with Gasteiger partial charge in [-0.05, 0) is 36.6 Å². The van der Waals surface area contributed by atoms with Gasteiger partial charge < -0.3 is 10.0 Å². The van der Waals surface area contributed by atoms with Gasteiger partial charge in [-0.2, -0.15) is 0 Å². The van der Waals surface area contributed by atoms with Gasteiger partial charge in [-0.3, -0.25) is 0 Å². The van der Waals surface area contributed by atoms with Crippen molar-refractivity contribution < 1.29 is 18.3 Å². The Morgan fingerprint density at radius 2 is 1.89 bits per heavy atom. The average Bonchev–Trinajstić information content (AvgIpc) is 2.70. The number of aliphatic carboxylic acids is 1. The third kappa shape index (κ3) is 2.73. The van der Waals surface area contributed by atoms with Gasteiger partial charge in [0.2, 0.25) is 0 Å². The summed E-state index contributed by atoms with van der Waals surface area (Å²) < 4.78 is 22.8. The molecule has 0 aliphatic carbocycles. The largest absolute Gasteiger partial charge is 0.480 e. The lowest BCUT2D eigenvalue weighted by Crippen LogP contribution is -2.39. The van der Waals surface area contributed by atoms with Crippen LogP contribution in [0.15, 0.2) is 29.2 Å². The number of sulfone groups is 1. The van der Waals surface area contributed by atoms with E-state index in [1.54, 1.807) is 12.1 Å². The van der Waals surface area contributed by atoms with Gasteiger partial charge in [0.15, 0.2) is 9.84 Å². The highest BCUT2D eigenvalue weighted by Gasteiger charge is 2.36. The minimum absolute atomic E-state index is 0.0899. The Balaban J connectivity index is 2.30. The Morgan fingerprint density at radius 3 is 2.37 bits per heavy atom. The summed E-state index contributed by atoms with van der Waals surface area (Å²) in [7, 11) is -3.22. The first-order chi connectivity index (χ1) is 8.80. The van der Waals surface area contributed by atoms with E-state index in [0.29, 0.717) is 6.54 Å². The molecule has 2 unspecified atom stereocenters. The second-order valence-electron chi connectivity index (χ2n) is 5.01. The maximum Gasteiger partial charge on any atom is 0.326 e. The first-order valence-corrected chi connectivity index (χ1v) is 7.99. The maximum absolute atomic E-state index is 11.4. The number of anilines is 1. The summed E-state index contributed by atoms with van der Waals surface area (Å²) in [5, 5.41) is 9.26. The topological polar surface area (TPSA) is 74.7 Å². The number of carboxylic acid groups (broad SMARTS) is 1. The van der Waals surface area contributed by atoms with Crippen molar-refractivity contribution >= 4 is 21.5 Å². The van der Waals surface area contributed by atoms with Crippen LogP contribution in [-0.4, -0.2) is 38.3 Å². The van der Waals surface area contributed by atoms with Crippen LogP contribution in [0, 0.1) is 5.92 Å². The summed E-state index contributed by atoms with van der Waals surface area (Å²) in [4.78, 5) is 13.3. The molecule has 0 saturated carbocycles. The summed E-state index contributed by atoms with van der Waals surface area (Å²) in [6, 6.07) is 5.84. The predicted octanol–water partition coefficient (Wildman–Crippen LogP) is 1.39. The third-order valence-electron chi connectivity index (χ3n) is 3.55. The van der Waals surface area contributed by atoms with Gasteiger partial charge in [0.25, 0.3) is 0 Å². The fraction of sp³-hybridized carbons (Fsp3) is 0.462. The normalized spacial score (nSPS) is 23.6. The molecular formula is C13H17NO4S. The van der Waals surface area contributed by atoms with E-state index in [0.717, 1.165) is 18.4 Å². The number of carboxylic acids is 1. The van der Waals surface area contributed by atoms with E-state index in [2.05, 4.69) is 0 Å². The molecule has 1 aromatic rings. The SMILES string of the molecule is CC1CCN(c2ccc(S(C)(=O)=O)cc2)C1C(=O)O. The fourth-order valence-corrected chi connectivity index (χ4v) is 3.13. The number of hydrogen-bond donors (Lipinski definition) is 1. The van der Waals surface area contributed by atoms with Crippen LogP contribution in [-0.2, 0) is 14.6 Å². The maximum atomic E-state index is 11.4. The quantitative estimate of drug-likeness (QED) is 0.907. The Bertz CT molecular complexity index is 579. The van der Waals surface area contributed by atoms with E-state index in [9.17, 15) is 18.3 Å². The van der Waals surface area contributed by atoms with Crippen LogP contribution < -0.4 is 4.90 Å². The number of hydrogen-bond acceptors (Lipinski definition) is 4. The van der Waals surface area contributed by atoms with E-state index < -0.39 is 21.8 Å². The minimum Gasteiger partial charge on any atom is -0.480 e. The standard InChI is InChI=1S/C13H17NO4S/c1-9-7-8-14(12(9)13(15)16)10-3-5-11(6-4-10)19(2,17)18/h3-6,9,12H,7-8H2,1-2H3,(H,15,16). The summed E-state index contributed by atoms with van der Waals surface area (Å²) in [6.45, 7) is 2.60. The zero-order valence-corrected chi connectivity index (χ0v) is 11.7. The highest BCUT2D eigenvalue weighted by Crippen LogP contribution is 2.30. The molecule has 1 aliphatic rings. The van der Waals surface area contributed by atoms with E-state index >= 15 is 0 Å². The zero-order chi connectivity index (χ0) is 14.2. The molecule has 1 saturated heterocycles. The van der Waals surface area contributed by atoms with Crippen molar-refractivity contribution in [3.05, 3.63) is 24.3 Å². The Kier molecular flexibility index (Phi) is 3.54.